The minimum atomic E-state index is 0.0201. The molecule has 180 valence electrons. The molecule has 0 heterocycles. The molecule has 0 spiro atoms. The molecule has 4 bridgehead atoms. The Hall–Kier alpha value is -0.570. The number of unbranched alkanes of at least 4 members (excludes halogenated alkanes) is 8. The fourth-order valence-electron chi connectivity index (χ4n) is 7.47. The number of hydrogen-bond donors (Lipinski definition) is 1. The number of amides is 1. The minimum absolute atomic E-state index is 0.0201. The second kappa shape index (κ2) is 12.6. The van der Waals surface area contributed by atoms with Crippen molar-refractivity contribution in [3.8, 4) is 0 Å². The molecule has 0 aromatic rings. The van der Waals surface area contributed by atoms with Crippen molar-refractivity contribution in [2.24, 2.45) is 23.2 Å². The van der Waals surface area contributed by atoms with Crippen LogP contribution < -0.4 is 5.32 Å². The molecule has 1 N–H and O–H groups in total. The summed E-state index contributed by atoms with van der Waals surface area (Å²) in [4.78, 5) is 15.5. The molecule has 0 radical (unpaired) electrons. The third kappa shape index (κ3) is 7.47. The molecule has 1 amide bonds. The van der Waals surface area contributed by atoms with Gasteiger partial charge in [0.15, 0.2) is 0 Å². The highest BCUT2D eigenvalue weighted by molar-refractivity contribution is 5.83. The van der Waals surface area contributed by atoms with Crippen molar-refractivity contribution in [3.05, 3.63) is 0 Å². The third-order valence-electron chi connectivity index (χ3n) is 8.89. The summed E-state index contributed by atoms with van der Waals surface area (Å²) < 4.78 is 0. The SMILES string of the molecule is CCCCCCCCCCCC(CCCNC(=O)C12CC3CC(CC(C3)C1)C2)N(C)C. The van der Waals surface area contributed by atoms with Gasteiger partial charge in [-0.15, -0.1) is 0 Å². The Labute approximate surface area is 193 Å². The van der Waals surface area contributed by atoms with Crippen LogP contribution in [0.2, 0.25) is 0 Å². The van der Waals surface area contributed by atoms with Crippen LogP contribution in [0, 0.1) is 23.2 Å². The maximum absolute atomic E-state index is 13.1. The Morgan fingerprint density at radius 3 is 1.81 bits per heavy atom. The standard InChI is InChI=1S/C28H52N2O/c1-4-5-6-7-8-9-10-11-12-14-26(30(2)3)15-13-16-29-27(31)28-20-23-17-24(21-28)19-25(18-23)22-28/h23-26H,4-22H2,1-3H3,(H,29,31). The fourth-order valence-corrected chi connectivity index (χ4v) is 7.47. The zero-order chi connectivity index (χ0) is 22.1. The summed E-state index contributed by atoms with van der Waals surface area (Å²) in [7, 11) is 4.46. The predicted octanol–water partition coefficient (Wildman–Crippen LogP) is 6.95. The molecule has 3 heteroatoms. The molecule has 4 aliphatic rings. The number of hydrogen-bond acceptors (Lipinski definition) is 2. The van der Waals surface area contributed by atoms with Crippen molar-refractivity contribution in [2.45, 2.75) is 129 Å². The van der Waals surface area contributed by atoms with Gasteiger partial charge in [0, 0.05) is 18.0 Å². The lowest BCUT2D eigenvalue weighted by Gasteiger charge is -2.55. The largest absolute Gasteiger partial charge is 0.356 e. The average molecular weight is 433 g/mol. The summed E-state index contributed by atoms with van der Waals surface area (Å²) in [6.45, 7) is 3.17. The Bertz CT molecular complexity index is 494. The van der Waals surface area contributed by atoms with E-state index in [1.54, 1.807) is 0 Å². The van der Waals surface area contributed by atoms with Gasteiger partial charge in [-0.25, -0.2) is 0 Å². The fraction of sp³-hybridized carbons (Fsp3) is 0.964. The Morgan fingerprint density at radius 1 is 0.806 bits per heavy atom. The van der Waals surface area contributed by atoms with Crippen LogP contribution >= 0.6 is 0 Å². The second-order valence-corrected chi connectivity index (χ2v) is 11.8. The molecular weight excluding hydrogens is 380 g/mol. The average Bonchev–Trinajstić information content (AvgIpc) is 2.72. The molecule has 4 saturated carbocycles. The van der Waals surface area contributed by atoms with Crippen molar-refractivity contribution in [3.63, 3.8) is 0 Å². The van der Waals surface area contributed by atoms with Crippen molar-refractivity contribution in [1.82, 2.24) is 10.2 Å². The summed E-state index contributed by atoms with van der Waals surface area (Å²) in [6.07, 6.45) is 24.1. The molecule has 31 heavy (non-hydrogen) atoms. The summed E-state index contributed by atoms with van der Waals surface area (Å²) in [5.41, 5.74) is 0.0201. The van der Waals surface area contributed by atoms with Crippen LogP contribution in [-0.2, 0) is 4.79 Å². The normalized spacial score (nSPS) is 30.1. The number of nitrogens with zero attached hydrogens (tertiary/aromatic N) is 1. The van der Waals surface area contributed by atoms with Crippen LogP contribution in [0.5, 0.6) is 0 Å². The smallest absolute Gasteiger partial charge is 0.226 e. The minimum Gasteiger partial charge on any atom is -0.356 e. The van der Waals surface area contributed by atoms with Crippen molar-refractivity contribution >= 4 is 5.91 Å². The summed E-state index contributed by atoms with van der Waals surface area (Å²) in [5.74, 6) is 2.97. The van der Waals surface area contributed by atoms with E-state index in [1.165, 1.54) is 109 Å². The van der Waals surface area contributed by atoms with E-state index in [4.69, 9.17) is 0 Å². The monoisotopic (exact) mass is 432 g/mol. The van der Waals surface area contributed by atoms with Gasteiger partial charge in [-0.1, -0.05) is 64.7 Å². The number of carbonyl (C=O) groups is 1. The van der Waals surface area contributed by atoms with E-state index >= 15 is 0 Å². The molecule has 1 unspecified atom stereocenters. The molecule has 4 aliphatic carbocycles. The van der Waals surface area contributed by atoms with Crippen LogP contribution in [-0.4, -0.2) is 37.5 Å². The first-order valence-electron chi connectivity index (χ1n) is 14.0. The molecule has 0 aromatic carbocycles. The van der Waals surface area contributed by atoms with Crippen molar-refractivity contribution in [1.29, 1.82) is 0 Å². The lowest BCUT2D eigenvalue weighted by Crippen LogP contribution is -2.53. The molecule has 1 atom stereocenters. The summed E-state index contributed by atoms with van der Waals surface area (Å²) in [6, 6.07) is 0.668. The van der Waals surface area contributed by atoms with Gasteiger partial charge in [-0.3, -0.25) is 4.79 Å². The quantitative estimate of drug-likeness (QED) is 0.268. The van der Waals surface area contributed by atoms with Crippen LogP contribution in [0.1, 0.15) is 122 Å². The topological polar surface area (TPSA) is 32.3 Å². The van der Waals surface area contributed by atoms with E-state index in [0.29, 0.717) is 11.9 Å². The lowest BCUT2D eigenvalue weighted by molar-refractivity contribution is -0.146. The van der Waals surface area contributed by atoms with E-state index in [2.05, 4.69) is 31.2 Å². The van der Waals surface area contributed by atoms with E-state index < -0.39 is 0 Å². The molecule has 4 fully saturated rings. The first-order chi connectivity index (χ1) is 15.0. The first kappa shape index (κ1) is 25.1. The first-order valence-corrected chi connectivity index (χ1v) is 14.0. The van der Waals surface area contributed by atoms with E-state index in [0.717, 1.165) is 30.7 Å². The molecule has 3 nitrogen and oxygen atoms in total. The highest BCUT2D eigenvalue weighted by atomic mass is 16.2. The van der Waals surface area contributed by atoms with Gasteiger partial charge in [0.25, 0.3) is 0 Å². The zero-order valence-electron chi connectivity index (χ0n) is 21.1. The third-order valence-corrected chi connectivity index (χ3v) is 8.89. The van der Waals surface area contributed by atoms with Crippen molar-refractivity contribution < 1.29 is 4.79 Å². The highest BCUT2D eigenvalue weighted by Crippen LogP contribution is 2.60. The lowest BCUT2D eigenvalue weighted by atomic mass is 9.49. The maximum atomic E-state index is 13.1. The number of nitrogens with one attached hydrogen (secondary N) is 1. The van der Waals surface area contributed by atoms with Gasteiger partial charge in [-0.05, 0) is 89.6 Å². The van der Waals surface area contributed by atoms with E-state index in [-0.39, 0.29) is 5.41 Å². The van der Waals surface area contributed by atoms with Gasteiger partial charge in [0.2, 0.25) is 5.91 Å². The van der Waals surface area contributed by atoms with Gasteiger partial charge in [-0.2, -0.15) is 0 Å². The van der Waals surface area contributed by atoms with Gasteiger partial charge < -0.3 is 10.2 Å². The Morgan fingerprint density at radius 2 is 1.29 bits per heavy atom. The Balaban J connectivity index is 1.26. The van der Waals surface area contributed by atoms with Crippen molar-refractivity contribution in [2.75, 3.05) is 20.6 Å². The van der Waals surface area contributed by atoms with Crippen LogP contribution in [0.15, 0.2) is 0 Å². The highest BCUT2D eigenvalue weighted by Gasteiger charge is 2.54. The van der Waals surface area contributed by atoms with Crippen LogP contribution in [0.3, 0.4) is 0 Å². The van der Waals surface area contributed by atoms with E-state index in [9.17, 15) is 4.79 Å². The van der Waals surface area contributed by atoms with E-state index in [1.807, 2.05) is 0 Å². The van der Waals surface area contributed by atoms with Crippen LogP contribution in [0.4, 0.5) is 0 Å². The molecular formula is C28H52N2O. The molecule has 0 saturated heterocycles. The van der Waals surface area contributed by atoms with Gasteiger partial charge in [0.1, 0.15) is 0 Å². The van der Waals surface area contributed by atoms with Gasteiger partial charge in [0.05, 0.1) is 0 Å². The van der Waals surface area contributed by atoms with Gasteiger partial charge >= 0.3 is 0 Å². The Kier molecular flexibility index (Phi) is 10.2. The molecule has 0 aliphatic heterocycles. The number of rotatable bonds is 16. The second-order valence-electron chi connectivity index (χ2n) is 11.8. The maximum Gasteiger partial charge on any atom is 0.226 e. The molecule has 0 aromatic heterocycles. The molecule has 4 rings (SSSR count). The summed E-state index contributed by atoms with van der Waals surface area (Å²) >= 11 is 0. The number of carbonyl (C=O) groups excluding carboxylic acids is 1. The van der Waals surface area contributed by atoms with Crippen LogP contribution in [0.25, 0.3) is 0 Å². The zero-order valence-corrected chi connectivity index (χ0v) is 21.1. The summed E-state index contributed by atoms with van der Waals surface area (Å²) in [5, 5.41) is 3.38. The predicted molar refractivity (Wildman–Crippen MR) is 132 cm³/mol.